The van der Waals surface area contributed by atoms with Gasteiger partial charge in [0.2, 0.25) is 5.91 Å². The SMILES string of the molecule is O=C(NC1CCCCC1)C1(c2nc3ccccc3s2)CC=CS1. The highest BCUT2D eigenvalue weighted by Gasteiger charge is 2.45. The van der Waals surface area contributed by atoms with Gasteiger partial charge in [0.05, 0.1) is 10.2 Å². The van der Waals surface area contributed by atoms with Crippen molar-refractivity contribution < 1.29 is 4.79 Å². The third kappa shape index (κ3) is 2.81. The standard InChI is InChI=1S/C18H20N2OS2/c21-16(19-13-7-2-1-3-8-13)18(11-6-12-22-18)17-20-14-9-4-5-10-15(14)23-17/h4-6,9-10,12-13H,1-3,7-8,11H2,(H,19,21). The monoisotopic (exact) mass is 344 g/mol. The molecule has 1 aliphatic heterocycles. The molecular formula is C18H20N2OS2. The number of allylic oxidation sites excluding steroid dienone is 1. The van der Waals surface area contributed by atoms with Gasteiger partial charge in [-0.25, -0.2) is 4.98 Å². The predicted molar refractivity (Wildman–Crippen MR) is 97.7 cm³/mol. The normalized spacial score (nSPS) is 25.0. The topological polar surface area (TPSA) is 42.0 Å². The van der Waals surface area contributed by atoms with Gasteiger partial charge in [-0.1, -0.05) is 37.5 Å². The molecule has 2 heterocycles. The number of fused-ring (bicyclic) bond motifs is 1. The highest BCUT2D eigenvalue weighted by molar-refractivity contribution is 8.04. The van der Waals surface area contributed by atoms with Gasteiger partial charge in [0, 0.05) is 6.04 Å². The van der Waals surface area contributed by atoms with Crippen LogP contribution in [0.3, 0.4) is 0 Å². The number of nitrogens with zero attached hydrogens (tertiary/aromatic N) is 1. The molecule has 5 heteroatoms. The third-order valence-corrected chi connectivity index (χ3v) is 7.32. The molecule has 23 heavy (non-hydrogen) atoms. The van der Waals surface area contributed by atoms with E-state index in [0.29, 0.717) is 6.04 Å². The van der Waals surface area contributed by atoms with Crippen molar-refractivity contribution in [2.45, 2.75) is 49.3 Å². The number of benzene rings is 1. The zero-order chi connectivity index (χ0) is 15.7. The van der Waals surface area contributed by atoms with E-state index < -0.39 is 4.75 Å². The number of hydrogen-bond donors (Lipinski definition) is 1. The Bertz CT molecular complexity index is 705. The van der Waals surface area contributed by atoms with Gasteiger partial charge >= 0.3 is 0 Å². The van der Waals surface area contributed by atoms with Crippen LogP contribution in [0.25, 0.3) is 10.2 Å². The van der Waals surface area contributed by atoms with E-state index in [1.807, 2.05) is 23.6 Å². The molecule has 0 saturated heterocycles. The second kappa shape index (κ2) is 6.29. The zero-order valence-electron chi connectivity index (χ0n) is 13.0. The summed E-state index contributed by atoms with van der Waals surface area (Å²) in [4.78, 5) is 17.9. The maximum atomic E-state index is 13.1. The fraction of sp³-hybridized carbons (Fsp3) is 0.444. The summed E-state index contributed by atoms with van der Waals surface area (Å²) >= 11 is 3.26. The van der Waals surface area contributed by atoms with Crippen LogP contribution < -0.4 is 5.32 Å². The lowest BCUT2D eigenvalue weighted by atomic mass is 9.94. The van der Waals surface area contributed by atoms with Crippen LogP contribution in [0, 0.1) is 0 Å². The number of para-hydroxylation sites is 1. The molecule has 4 rings (SSSR count). The van der Waals surface area contributed by atoms with Gasteiger partial charge in [-0.15, -0.1) is 23.1 Å². The summed E-state index contributed by atoms with van der Waals surface area (Å²) in [6.45, 7) is 0. The first kappa shape index (κ1) is 15.2. The summed E-state index contributed by atoms with van der Waals surface area (Å²) in [6.07, 6.45) is 8.80. The quantitative estimate of drug-likeness (QED) is 0.885. The molecule has 2 aromatic rings. The van der Waals surface area contributed by atoms with E-state index >= 15 is 0 Å². The first-order valence-electron chi connectivity index (χ1n) is 8.28. The van der Waals surface area contributed by atoms with Gasteiger partial charge in [-0.05, 0) is 36.8 Å². The summed E-state index contributed by atoms with van der Waals surface area (Å²) in [5.74, 6) is 0.137. The van der Waals surface area contributed by atoms with Crippen molar-refractivity contribution in [2.24, 2.45) is 0 Å². The molecular weight excluding hydrogens is 324 g/mol. The Hall–Kier alpha value is -1.33. The largest absolute Gasteiger partial charge is 0.352 e. The molecule has 1 atom stereocenters. The van der Waals surface area contributed by atoms with Crippen LogP contribution in [0.15, 0.2) is 35.7 Å². The second-order valence-electron chi connectivity index (χ2n) is 6.32. The average Bonchev–Trinajstić information content (AvgIpc) is 3.23. The van der Waals surface area contributed by atoms with E-state index in [9.17, 15) is 4.79 Å². The van der Waals surface area contributed by atoms with Gasteiger partial charge in [-0.2, -0.15) is 0 Å². The molecule has 1 N–H and O–H groups in total. The number of rotatable bonds is 3. The van der Waals surface area contributed by atoms with E-state index in [2.05, 4.69) is 17.5 Å². The fourth-order valence-electron chi connectivity index (χ4n) is 3.40. The van der Waals surface area contributed by atoms with Crippen LogP contribution in [0.5, 0.6) is 0 Å². The summed E-state index contributed by atoms with van der Waals surface area (Å²) < 4.78 is 0.584. The Morgan fingerprint density at radius 2 is 2.04 bits per heavy atom. The minimum absolute atomic E-state index is 0.137. The minimum atomic E-state index is -0.568. The number of carbonyl (C=O) groups excluding carboxylic acids is 1. The zero-order valence-corrected chi connectivity index (χ0v) is 14.6. The van der Waals surface area contributed by atoms with Gasteiger partial charge in [0.15, 0.2) is 4.75 Å². The van der Waals surface area contributed by atoms with E-state index in [0.717, 1.165) is 34.5 Å². The Morgan fingerprint density at radius 1 is 1.22 bits per heavy atom. The second-order valence-corrected chi connectivity index (χ2v) is 8.55. The van der Waals surface area contributed by atoms with Crippen LogP contribution in [0.1, 0.15) is 43.5 Å². The van der Waals surface area contributed by atoms with Crippen molar-refractivity contribution in [2.75, 3.05) is 0 Å². The molecule has 1 saturated carbocycles. The van der Waals surface area contributed by atoms with Crippen LogP contribution in [0.2, 0.25) is 0 Å². The number of thiazole rings is 1. The van der Waals surface area contributed by atoms with E-state index in [1.165, 1.54) is 19.3 Å². The first-order valence-corrected chi connectivity index (χ1v) is 9.97. The van der Waals surface area contributed by atoms with Crippen molar-refractivity contribution in [1.82, 2.24) is 10.3 Å². The Labute approximate surface area is 144 Å². The summed E-state index contributed by atoms with van der Waals surface area (Å²) in [6, 6.07) is 8.47. The van der Waals surface area contributed by atoms with E-state index in [1.54, 1.807) is 23.1 Å². The Balaban J connectivity index is 1.63. The lowest BCUT2D eigenvalue weighted by molar-refractivity contribution is -0.124. The van der Waals surface area contributed by atoms with Crippen LogP contribution in [-0.2, 0) is 9.54 Å². The molecule has 0 radical (unpaired) electrons. The first-order chi connectivity index (χ1) is 11.3. The van der Waals surface area contributed by atoms with Crippen LogP contribution >= 0.6 is 23.1 Å². The smallest absolute Gasteiger partial charge is 0.244 e. The number of aromatic nitrogens is 1. The molecule has 120 valence electrons. The molecule has 1 aliphatic carbocycles. The van der Waals surface area contributed by atoms with Gasteiger partial charge < -0.3 is 5.32 Å². The summed E-state index contributed by atoms with van der Waals surface area (Å²) in [5, 5.41) is 6.29. The molecule has 0 spiro atoms. The number of hydrogen-bond acceptors (Lipinski definition) is 4. The van der Waals surface area contributed by atoms with Crippen molar-refractivity contribution in [1.29, 1.82) is 0 Å². The Morgan fingerprint density at radius 3 is 2.78 bits per heavy atom. The molecule has 1 amide bonds. The van der Waals surface area contributed by atoms with Crippen molar-refractivity contribution in [3.63, 3.8) is 0 Å². The minimum Gasteiger partial charge on any atom is -0.352 e. The highest BCUT2D eigenvalue weighted by Crippen LogP contribution is 2.48. The summed E-state index contributed by atoms with van der Waals surface area (Å²) in [5.41, 5.74) is 0.991. The summed E-state index contributed by atoms with van der Waals surface area (Å²) in [7, 11) is 0. The highest BCUT2D eigenvalue weighted by atomic mass is 32.2. The molecule has 0 bridgehead atoms. The fourth-order valence-corrected chi connectivity index (χ4v) is 5.66. The molecule has 1 aromatic carbocycles. The number of thioether (sulfide) groups is 1. The lowest BCUT2D eigenvalue weighted by Gasteiger charge is -2.29. The molecule has 2 aliphatic rings. The third-order valence-electron chi connectivity index (χ3n) is 4.72. The van der Waals surface area contributed by atoms with Crippen molar-refractivity contribution >= 4 is 39.2 Å². The average molecular weight is 345 g/mol. The molecule has 1 fully saturated rings. The maximum Gasteiger partial charge on any atom is 0.244 e. The van der Waals surface area contributed by atoms with Gasteiger partial charge in [-0.3, -0.25) is 4.79 Å². The lowest BCUT2D eigenvalue weighted by Crippen LogP contribution is -2.46. The van der Waals surface area contributed by atoms with E-state index in [4.69, 9.17) is 4.98 Å². The van der Waals surface area contributed by atoms with Gasteiger partial charge in [0.1, 0.15) is 5.01 Å². The molecule has 1 aromatic heterocycles. The molecule has 1 unspecified atom stereocenters. The van der Waals surface area contributed by atoms with Crippen LogP contribution in [0.4, 0.5) is 0 Å². The van der Waals surface area contributed by atoms with Crippen molar-refractivity contribution in [3.8, 4) is 0 Å². The molecule has 3 nitrogen and oxygen atoms in total. The number of amides is 1. The van der Waals surface area contributed by atoms with Crippen molar-refractivity contribution in [3.05, 3.63) is 40.8 Å². The Kier molecular flexibility index (Phi) is 4.16. The van der Waals surface area contributed by atoms with E-state index in [-0.39, 0.29) is 5.91 Å². The van der Waals surface area contributed by atoms with Gasteiger partial charge in [0.25, 0.3) is 0 Å². The maximum absolute atomic E-state index is 13.1. The number of nitrogens with one attached hydrogen (secondary N) is 1. The number of carbonyl (C=O) groups is 1. The predicted octanol–water partition coefficient (Wildman–Crippen LogP) is 4.59. The van der Waals surface area contributed by atoms with Crippen LogP contribution in [-0.4, -0.2) is 16.9 Å².